The summed E-state index contributed by atoms with van der Waals surface area (Å²) in [6.07, 6.45) is -0.448. The Balaban J connectivity index is 1.88. The molecule has 10 heteroatoms. The number of rotatable bonds is 6. The van der Waals surface area contributed by atoms with Gasteiger partial charge in [0, 0.05) is 16.1 Å². The maximum atomic E-state index is 13.1. The van der Waals surface area contributed by atoms with E-state index in [9.17, 15) is 24.2 Å². The van der Waals surface area contributed by atoms with Crippen LogP contribution in [0.4, 0.5) is 4.39 Å². The number of aromatic nitrogens is 2. The summed E-state index contributed by atoms with van der Waals surface area (Å²) < 4.78 is 14.1. The molecule has 29 heavy (non-hydrogen) atoms. The topological polar surface area (TPSA) is 104 Å². The molecule has 1 amide bonds. The highest BCUT2D eigenvalue weighted by atomic mass is 35.5. The van der Waals surface area contributed by atoms with E-state index in [1.54, 1.807) is 0 Å². The fourth-order valence-corrected chi connectivity index (χ4v) is 3.11. The predicted octanol–water partition coefficient (Wildman–Crippen LogP) is 3.97. The number of benzene rings is 2. The molecule has 1 heterocycles. The van der Waals surface area contributed by atoms with Crippen molar-refractivity contribution >= 4 is 35.1 Å². The zero-order valence-corrected chi connectivity index (χ0v) is 16.2. The number of aliphatic carboxylic acids is 1. The fraction of sp³-hybridized carbons (Fsp3) is 0.105. The Morgan fingerprint density at radius 3 is 2.48 bits per heavy atom. The molecule has 0 saturated heterocycles. The van der Waals surface area contributed by atoms with Crippen molar-refractivity contribution in [3.05, 3.63) is 75.7 Å². The van der Waals surface area contributed by atoms with E-state index in [1.807, 2.05) is 0 Å². The van der Waals surface area contributed by atoms with Gasteiger partial charge in [-0.25, -0.2) is 9.07 Å². The molecular weight excluding hydrogens is 424 g/mol. The van der Waals surface area contributed by atoms with Crippen molar-refractivity contribution in [3.63, 3.8) is 0 Å². The fourth-order valence-electron chi connectivity index (χ4n) is 2.68. The van der Waals surface area contributed by atoms with Crippen molar-refractivity contribution in [3.8, 4) is 11.6 Å². The molecule has 1 unspecified atom stereocenters. The van der Waals surface area contributed by atoms with Gasteiger partial charge in [0.25, 0.3) is 5.91 Å². The summed E-state index contributed by atoms with van der Waals surface area (Å²) in [5, 5.41) is 26.4. The van der Waals surface area contributed by atoms with E-state index >= 15 is 0 Å². The number of amides is 1. The Hall–Kier alpha value is -3.10. The monoisotopic (exact) mass is 437 g/mol. The van der Waals surface area contributed by atoms with E-state index in [4.69, 9.17) is 23.2 Å². The summed E-state index contributed by atoms with van der Waals surface area (Å²) in [6, 6.07) is 9.74. The second kappa shape index (κ2) is 8.50. The van der Waals surface area contributed by atoms with Crippen LogP contribution in [0.3, 0.4) is 0 Å². The minimum absolute atomic E-state index is 0.166. The van der Waals surface area contributed by atoms with Crippen molar-refractivity contribution in [2.75, 3.05) is 0 Å². The molecule has 150 valence electrons. The van der Waals surface area contributed by atoms with Crippen molar-refractivity contribution in [1.29, 1.82) is 0 Å². The zero-order chi connectivity index (χ0) is 21.1. The molecule has 3 rings (SSSR count). The molecule has 0 saturated carbocycles. The van der Waals surface area contributed by atoms with Crippen molar-refractivity contribution in [2.45, 2.75) is 12.5 Å². The summed E-state index contributed by atoms with van der Waals surface area (Å²) in [5.74, 6) is -2.71. The van der Waals surface area contributed by atoms with Crippen LogP contribution in [-0.4, -0.2) is 31.9 Å². The van der Waals surface area contributed by atoms with Crippen LogP contribution < -0.4 is 5.32 Å². The summed E-state index contributed by atoms with van der Waals surface area (Å²) in [4.78, 5) is 23.9. The third-order valence-corrected chi connectivity index (χ3v) is 4.59. The number of hydrogen-bond acceptors (Lipinski definition) is 4. The van der Waals surface area contributed by atoms with Crippen LogP contribution in [0.2, 0.25) is 10.0 Å². The van der Waals surface area contributed by atoms with Crippen molar-refractivity contribution < 1.29 is 24.2 Å². The second-order valence-corrected chi connectivity index (χ2v) is 6.91. The first kappa shape index (κ1) is 20.6. The number of nitrogens with one attached hydrogen (secondary N) is 1. The van der Waals surface area contributed by atoms with Crippen LogP contribution in [0.1, 0.15) is 28.5 Å². The summed E-state index contributed by atoms with van der Waals surface area (Å²) in [7, 11) is 0. The van der Waals surface area contributed by atoms with Gasteiger partial charge in [0.05, 0.1) is 18.2 Å². The van der Waals surface area contributed by atoms with Crippen molar-refractivity contribution in [1.82, 2.24) is 15.1 Å². The molecule has 0 aliphatic rings. The van der Waals surface area contributed by atoms with Crippen LogP contribution in [-0.2, 0) is 4.79 Å². The van der Waals surface area contributed by atoms with E-state index in [2.05, 4.69) is 10.4 Å². The van der Waals surface area contributed by atoms with E-state index in [0.717, 1.165) is 10.7 Å². The number of aromatic hydroxyl groups is 1. The third-order valence-electron chi connectivity index (χ3n) is 4.01. The molecule has 1 atom stereocenters. The van der Waals surface area contributed by atoms with Gasteiger partial charge in [-0.15, -0.1) is 0 Å². The normalized spacial score (nSPS) is 11.8. The van der Waals surface area contributed by atoms with Crippen LogP contribution in [0, 0.1) is 5.82 Å². The number of nitrogens with zero attached hydrogens (tertiary/aromatic N) is 2. The highest BCUT2D eigenvalue weighted by molar-refractivity contribution is 6.33. The van der Waals surface area contributed by atoms with Crippen LogP contribution in [0.25, 0.3) is 5.69 Å². The van der Waals surface area contributed by atoms with Crippen LogP contribution >= 0.6 is 23.2 Å². The lowest BCUT2D eigenvalue weighted by Gasteiger charge is -2.18. The Labute approximate surface area is 174 Å². The Bertz CT molecular complexity index is 1070. The second-order valence-electron chi connectivity index (χ2n) is 6.07. The number of carbonyl (C=O) groups excluding carboxylic acids is 1. The Morgan fingerprint density at radius 1 is 1.14 bits per heavy atom. The average molecular weight is 438 g/mol. The molecule has 7 nitrogen and oxygen atoms in total. The van der Waals surface area contributed by atoms with E-state index < -0.39 is 30.2 Å². The molecule has 3 aromatic rings. The van der Waals surface area contributed by atoms with Crippen LogP contribution in [0.5, 0.6) is 5.88 Å². The predicted molar refractivity (Wildman–Crippen MR) is 104 cm³/mol. The maximum Gasteiger partial charge on any atom is 0.305 e. The standard InChI is InChI=1S/C19H14Cl2FN3O4/c20-10-1-6-14(21)13(7-10)15(9-18(27)28)23-19(29)16-8-17(26)25(24-16)12-4-2-11(22)3-5-12/h1-8,15,26H,9H2,(H,23,29)(H,27,28). The van der Waals surface area contributed by atoms with Gasteiger partial charge < -0.3 is 15.5 Å². The van der Waals surface area contributed by atoms with Gasteiger partial charge in [0.15, 0.2) is 5.69 Å². The lowest BCUT2D eigenvalue weighted by atomic mass is 10.0. The van der Waals surface area contributed by atoms with Crippen molar-refractivity contribution in [2.24, 2.45) is 0 Å². The highest BCUT2D eigenvalue weighted by Crippen LogP contribution is 2.29. The number of hydrogen-bond donors (Lipinski definition) is 3. The summed E-state index contributed by atoms with van der Waals surface area (Å²) >= 11 is 12.1. The SMILES string of the molecule is O=C(O)CC(NC(=O)c1cc(O)n(-c2ccc(F)cc2)n1)c1cc(Cl)ccc1Cl. The quantitative estimate of drug-likeness (QED) is 0.541. The molecule has 3 N–H and O–H groups in total. The first-order valence-corrected chi connectivity index (χ1v) is 9.03. The number of carbonyl (C=O) groups is 2. The van der Waals surface area contributed by atoms with Gasteiger partial charge >= 0.3 is 5.97 Å². The van der Waals surface area contributed by atoms with Gasteiger partial charge in [0.1, 0.15) is 5.82 Å². The molecule has 0 aliphatic heterocycles. The lowest BCUT2D eigenvalue weighted by Crippen LogP contribution is -2.30. The van der Waals surface area contributed by atoms with E-state index in [0.29, 0.717) is 16.3 Å². The largest absolute Gasteiger partial charge is 0.493 e. The first-order valence-electron chi connectivity index (χ1n) is 8.27. The molecule has 2 aromatic carbocycles. The molecule has 0 fully saturated rings. The Morgan fingerprint density at radius 2 is 1.83 bits per heavy atom. The Kier molecular flexibility index (Phi) is 6.05. The minimum Gasteiger partial charge on any atom is -0.493 e. The smallest absolute Gasteiger partial charge is 0.305 e. The van der Waals surface area contributed by atoms with Crippen LogP contribution in [0.15, 0.2) is 48.5 Å². The number of carboxylic acids is 1. The van der Waals surface area contributed by atoms with E-state index in [1.165, 1.54) is 42.5 Å². The average Bonchev–Trinajstić information content (AvgIpc) is 3.05. The molecule has 0 radical (unpaired) electrons. The van der Waals surface area contributed by atoms with Gasteiger partial charge in [-0.2, -0.15) is 5.10 Å². The maximum absolute atomic E-state index is 13.1. The number of halogens is 3. The molecular formula is C19H14Cl2FN3O4. The number of carboxylic acid groups (broad SMARTS) is 1. The molecule has 0 bridgehead atoms. The minimum atomic E-state index is -1.16. The molecule has 0 spiro atoms. The lowest BCUT2D eigenvalue weighted by molar-refractivity contribution is -0.137. The third kappa shape index (κ3) is 4.85. The molecule has 1 aromatic heterocycles. The highest BCUT2D eigenvalue weighted by Gasteiger charge is 2.24. The van der Waals surface area contributed by atoms with Gasteiger partial charge in [-0.3, -0.25) is 9.59 Å². The van der Waals surface area contributed by atoms with Gasteiger partial charge in [0.2, 0.25) is 5.88 Å². The summed E-state index contributed by atoms with van der Waals surface area (Å²) in [6.45, 7) is 0. The zero-order valence-electron chi connectivity index (χ0n) is 14.6. The van der Waals surface area contributed by atoms with Gasteiger partial charge in [-0.1, -0.05) is 23.2 Å². The molecule has 0 aliphatic carbocycles. The van der Waals surface area contributed by atoms with E-state index in [-0.39, 0.29) is 16.6 Å². The first-order chi connectivity index (χ1) is 13.7. The summed E-state index contributed by atoms with van der Waals surface area (Å²) in [5.41, 5.74) is 0.500. The van der Waals surface area contributed by atoms with Gasteiger partial charge in [-0.05, 0) is 48.0 Å².